The molecule has 1 aromatic carbocycles. The van der Waals surface area contributed by atoms with Crippen LogP contribution in [0.3, 0.4) is 0 Å². The van der Waals surface area contributed by atoms with Gasteiger partial charge >= 0.3 is 0 Å². The van der Waals surface area contributed by atoms with Crippen molar-refractivity contribution in [2.45, 2.75) is 328 Å². The zero-order chi connectivity index (χ0) is 75.9. The number of hydrogen-bond acceptors (Lipinski definition) is 11. The average molecular weight is 1510 g/mol. The Morgan fingerprint density at radius 2 is 0.890 bits per heavy atom. The van der Waals surface area contributed by atoms with Crippen LogP contribution in [0, 0.1) is 138 Å². The van der Waals surface area contributed by atoms with Crippen LogP contribution in [-0.2, 0) is 35.4 Å². The Hall–Kier alpha value is -2.30. The Morgan fingerprint density at radius 1 is 0.486 bits per heavy atom. The molecule has 22 rings (SSSR count). The maximum absolute atomic E-state index is 12.9. The third-order valence-electron chi connectivity index (χ3n) is 41.3. The first-order chi connectivity index (χ1) is 51.7. The van der Waals surface area contributed by atoms with Crippen LogP contribution in [0.25, 0.3) is 0 Å². The minimum atomic E-state index is -3.33. The molecule has 21 aliphatic rings. The van der Waals surface area contributed by atoms with Gasteiger partial charge in [-0.25, -0.2) is 13.1 Å². The molecule has 6 unspecified atom stereocenters. The quantitative estimate of drug-likeness (QED) is 0.225. The molecule has 0 bridgehead atoms. The van der Waals surface area contributed by atoms with Crippen molar-refractivity contribution >= 4 is 15.8 Å². The monoisotopic (exact) mass is 1510 g/mol. The largest absolute Gasteiger partial charge is 0.389 e. The van der Waals surface area contributed by atoms with Crippen LogP contribution in [0.5, 0.6) is 0 Å². The number of aryl methyl sites for hydroxylation is 1. The summed E-state index contributed by atoms with van der Waals surface area (Å²) in [4.78, 5) is 20.1. The molecule has 6 spiro atoms. The molecule has 35 atom stereocenters. The molecule has 3 N–H and O–H groups in total. The zero-order valence-electron chi connectivity index (χ0n) is 70.0. The van der Waals surface area contributed by atoms with Gasteiger partial charge in [-0.05, 0) is 303 Å². The maximum atomic E-state index is 12.9. The van der Waals surface area contributed by atoms with Crippen molar-refractivity contribution in [1.29, 1.82) is 0 Å². The summed E-state index contributed by atoms with van der Waals surface area (Å²) in [7, 11) is 1.38. The van der Waals surface area contributed by atoms with Crippen molar-refractivity contribution < 1.29 is 37.6 Å². The Bertz CT molecular complexity index is 4010. The fraction of sp³-hybridized carbons (Fsp3) is 0.865. The highest BCUT2D eigenvalue weighted by molar-refractivity contribution is 7.89. The molecule has 15 aliphatic carbocycles. The zero-order valence-corrected chi connectivity index (χ0v) is 70.8. The van der Waals surface area contributed by atoms with Gasteiger partial charge in [0.1, 0.15) is 0 Å². The van der Waals surface area contributed by atoms with Gasteiger partial charge in [-0.3, -0.25) is 9.69 Å². The van der Waals surface area contributed by atoms with Gasteiger partial charge in [0.2, 0.25) is 10.0 Å². The Morgan fingerprint density at radius 3 is 1.34 bits per heavy atom. The summed E-state index contributed by atoms with van der Waals surface area (Å²) in [5, 5.41) is 20.8. The van der Waals surface area contributed by atoms with Gasteiger partial charge in [-0.15, -0.1) is 0 Å². The number of benzene rings is 1. The lowest BCUT2D eigenvalue weighted by Crippen LogP contribution is -2.55. The lowest BCUT2D eigenvalue weighted by Gasteiger charge is -2.50. The van der Waals surface area contributed by atoms with Gasteiger partial charge in [0.25, 0.3) is 0 Å². The molecule has 1 aromatic rings. The highest BCUT2D eigenvalue weighted by Crippen LogP contribution is 2.91. The average Bonchev–Trinajstić information content (AvgIpc) is 1.47. The molecule has 0 aromatic heterocycles. The molecular weight excluding hydrogens is 1370 g/mol. The molecule has 602 valence electrons. The molecular formula is C96H144N4O8S. The van der Waals surface area contributed by atoms with Gasteiger partial charge in [-0.1, -0.05) is 142 Å². The molecule has 0 amide bonds. The van der Waals surface area contributed by atoms with E-state index in [1.54, 1.807) is 11.1 Å². The summed E-state index contributed by atoms with van der Waals surface area (Å²) in [5.74, 6) is 11.9. The van der Waals surface area contributed by atoms with E-state index in [0.29, 0.717) is 105 Å². The van der Waals surface area contributed by atoms with Crippen LogP contribution in [0.2, 0.25) is 0 Å². The third-order valence-corrected chi connectivity index (χ3v) is 42.7. The second kappa shape index (κ2) is 25.1. The normalized spacial score (nSPS) is 56.5. The van der Waals surface area contributed by atoms with Crippen LogP contribution in [0.15, 0.2) is 65.3 Å². The number of carbonyl (C=O) groups excluding carboxylic acids is 1. The molecule has 6 saturated heterocycles. The summed E-state index contributed by atoms with van der Waals surface area (Å²) in [5.41, 5.74) is 9.13. The van der Waals surface area contributed by atoms with Crippen molar-refractivity contribution in [2.24, 2.45) is 138 Å². The van der Waals surface area contributed by atoms with Crippen LogP contribution >= 0.6 is 0 Å². The standard InChI is InChI=1S/C38H56N2O4S.C29H45NO2.C29H43NO2/c1-25-20-33-34(40(23-25)18-17-39-45(42,43)19-14-27-8-6-5-7-9-27)26(2)38(44-33)16-13-31-30-11-10-28-21-29(41)12-15-35(28,3)32(30)22-37(31)24-36(37,38)4;2*1-17-12-24-25(30(5)15-17)18(2)29(32-24)11-9-22-21-7-6-19-13-20(31)8-10-26(19,3)23(21)14-28(22)16-27(28,29)4/h5-9,21,25-26,29-34,39,41H,10-20,22-24H2,1-4H3;13,17-18,20-25,31H,6-12,14-16H2,1-5H3;13,17-18,21-25H,6-12,14-16H2,1-5H3/t25-,26+,29-,30-,31-,32-,33+,34-,35-,36?,37?,38+;17-,18+,20-,21-,22-,23-,24+,25-,26-,27?,28?,29+;17-,18+,21-,22-,23-,24+,25-,26-,27?,28?,29+/m000/s1. The van der Waals surface area contributed by atoms with Crippen molar-refractivity contribution in [2.75, 3.05) is 52.6 Å². The fourth-order valence-corrected chi connectivity index (χ4v) is 37.5. The minimum absolute atomic E-state index is 0.0772. The van der Waals surface area contributed by atoms with Crippen molar-refractivity contribution in [1.82, 2.24) is 19.4 Å². The minimum Gasteiger partial charge on any atom is -0.389 e. The lowest BCUT2D eigenvalue weighted by atomic mass is 9.56. The lowest BCUT2D eigenvalue weighted by molar-refractivity contribution is -0.148. The van der Waals surface area contributed by atoms with E-state index in [1.165, 1.54) is 153 Å². The number of rotatable bonds is 7. The molecule has 6 aliphatic heterocycles. The number of ketones is 1. The van der Waals surface area contributed by atoms with Gasteiger partial charge in [0.15, 0.2) is 5.78 Å². The van der Waals surface area contributed by atoms with Gasteiger partial charge in [0.05, 0.1) is 53.1 Å². The Labute approximate surface area is 658 Å². The third kappa shape index (κ3) is 10.2. The molecule has 0 radical (unpaired) electrons. The number of aliphatic hydroxyl groups is 2. The predicted octanol–water partition coefficient (Wildman–Crippen LogP) is 17.0. The molecule has 13 heteroatoms. The second-order valence-corrected chi connectivity index (χ2v) is 47.2. The van der Waals surface area contributed by atoms with Gasteiger partial charge in [-0.2, -0.15) is 0 Å². The van der Waals surface area contributed by atoms with Crippen molar-refractivity contribution in [3.8, 4) is 0 Å². The van der Waals surface area contributed by atoms with Crippen molar-refractivity contribution in [3.05, 3.63) is 70.8 Å². The number of carbonyl (C=O) groups is 1. The first-order valence-corrected chi connectivity index (χ1v) is 47.6. The van der Waals surface area contributed by atoms with E-state index in [2.05, 4.69) is 135 Å². The van der Waals surface area contributed by atoms with E-state index in [-0.39, 0.29) is 57.1 Å². The van der Waals surface area contributed by atoms with E-state index in [4.69, 9.17) is 14.2 Å². The smallest absolute Gasteiger partial charge is 0.211 e. The number of ether oxygens (including phenoxy) is 3. The summed E-state index contributed by atoms with van der Waals surface area (Å²) in [6.07, 6.45) is 41.3. The topological polar surface area (TPSA) is 141 Å². The SMILES string of the molecule is C[C@H]1C[C@H]2O[C@]3(CC[C@H]4[C@@H]5CCC6=CC(=O)CC[C@]6(C)[C@H]5CC45CC53C)[C@H](C)[C@@H]2N(C)C1.C[C@H]1C[C@H]2O[C@]3(CC[C@H]4[C@@H]5CCC6=C[C@@H](O)CC[C@]6(C)[C@H]5CC45CC53C)[C@H](C)[C@@H]2N(C)C1.C[C@H]1C[C@H]2O[C@]3(CC[C@H]4[C@@H]5CCC6=C[C@@H](O)CC[C@]6(C)[C@H]5CC45CC53C)[C@H](C)[C@@H]2N(CCNS(=O)(=O)CCc2ccccc2)C1. The fourth-order valence-electron chi connectivity index (χ4n) is 36.4. The Balaban J connectivity index is 0.000000110. The van der Waals surface area contributed by atoms with Crippen molar-refractivity contribution in [3.63, 3.8) is 0 Å². The summed E-state index contributed by atoms with van der Waals surface area (Å²) < 4.78 is 50.8. The Kier molecular flexibility index (Phi) is 17.4. The first kappa shape index (κ1) is 75.4. The van der Waals surface area contributed by atoms with Crippen LogP contribution in [0.4, 0.5) is 0 Å². The van der Waals surface area contributed by atoms with Gasteiger partial charge < -0.3 is 34.2 Å². The number of likely N-dealkylation sites (tertiary alicyclic amines) is 3. The number of nitrogens with one attached hydrogen (secondary N) is 1. The number of nitrogens with zero attached hydrogens (tertiary/aromatic N) is 3. The van der Waals surface area contributed by atoms with E-state index < -0.39 is 10.0 Å². The second-order valence-electron chi connectivity index (χ2n) is 45.3. The predicted molar refractivity (Wildman–Crippen MR) is 431 cm³/mol. The van der Waals surface area contributed by atoms with Crippen LogP contribution < -0.4 is 4.72 Å². The van der Waals surface area contributed by atoms with E-state index in [9.17, 15) is 23.4 Å². The van der Waals surface area contributed by atoms with E-state index in [1.807, 2.05) is 30.3 Å². The van der Waals surface area contributed by atoms with E-state index >= 15 is 0 Å². The molecule has 12 saturated carbocycles. The molecule has 12 nitrogen and oxygen atoms in total. The van der Waals surface area contributed by atoms with Crippen LogP contribution in [-0.4, -0.2) is 157 Å². The number of piperidine rings is 3. The van der Waals surface area contributed by atoms with Gasteiger partial charge in [0, 0.05) is 91.3 Å². The highest BCUT2D eigenvalue weighted by Gasteiger charge is 2.88. The molecule has 18 fully saturated rings. The number of hydrogen-bond donors (Lipinski definition) is 3. The summed E-state index contributed by atoms with van der Waals surface area (Å²) in [6, 6.07) is 11.5. The first-order valence-electron chi connectivity index (χ1n) is 45.9. The molecule has 6 heterocycles. The number of allylic oxidation sites excluding steroid dienone is 4. The number of fused-ring (bicyclic) bond motifs is 18. The van der Waals surface area contributed by atoms with Crippen LogP contribution in [0.1, 0.15) is 262 Å². The maximum Gasteiger partial charge on any atom is 0.211 e. The number of likely N-dealkylation sites (N-methyl/N-ethyl adjacent to an activating group) is 2. The highest BCUT2D eigenvalue weighted by atomic mass is 32.2. The summed E-state index contributed by atoms with van der Waals surface area (Å²) in [6.45, 7) is 35.0. The molecule has 109 heavy (non-hydrogen) atoms. The summed E-state index contributed by atoms with van der Waals surface area (Å²) >= 11 is 0. The number of aliphatic hydroxyl groups excluding tert-OH is 2. The van der Waals surface area contributed by atoms with E-state index in [0.717, 1.165) is 122 Å². The number of sulfonamides is 1.